The van der Waals surface area contributed by atoms with E-state index >= 15 is 0 Å². The lowest BCUT2D eigenvalue weighted by Gasteiger charge is -2.26. The van der Waals surface area contributed by atoms with Gasteiger partial charge in [0.15, 0.2) is 0 Å². The van der Waals surface area contributed by atoms with Crippen LogP contribution in [0.4, 0.5) is 16.2 Å². The average molecular weight is 469 g/mol. The molecule has 1 heterocycles. The highest BCUT2D eigenvalue weighted by Crippen LogP contribution is 2.35. The molecule has 0 bridgehead atoms. The van der Waals surface area contributed by atoms with Crippen molar-refractivity contribution in [2.45, 2.75) is 32.7 Å². The van der Waals surface area contributed by atoms with Crippen LogP contribution in [0, 0.1) is 12.8 Å². The molecule has 2 aromatic rings. The lowest BCUT2D eigenvalue weighted by Crippen LogP contribution is -2.34. The molecule has 2 unspecified atom stereocenters. The highest BCUT2D eigenvalue weighted by molar-refractivity contribution is 6.01. The van der Waals surface area contributed by atoms with Gasteiger partial charge in [0.25, 0.3) is 0 Å². The van der Waals surface area contributed by atoms with E-state index < -0.39 is 5.97 Å². The molecule has 9 heteroatoms. The van der Waals surface area contributed by atoms with Crippen LogP contribution >= 0.6 is 0 Å². The number of nitrogens with one attached hydrogen (secondary N) is 3. The van der Waals surface area contributed by atoms with Crippen LogP contribution in [0.2, 0.25) is 0 Å². The number of anilines is 2. The van der Waals surface area contributed by atoms with E-state index in [4.69, 9.17) is 9.84 Å². The van der Waals surface area contributed by atoms with Gasteiger partial charge in [-0.15, -0.1) is 0 Å². The Labute approximate surface area is 199 Å². The van der Waals surface area contributed by atoms with Gasteiger partial charge in [0.1, 0.15) is 5.75 Å². The molecule has 0 spiro atoms. The summed E-state index contributed by atoms with van der Waals surface area (Å²) in [5.74, 6) is -0.354. The number of rotatable bonds is 9. The minimum Gasteiger partial charge on any atom is -0.495 e. The van der Waals surface area contributed by atoms with Gasteiger partial charge >= 0.3 is 12.0 Å². The number of aliphatic carboxylic acids is 1. The number of aryl methyl sites for hydroxylation is 1. The Morgan fingerprint density at radius 2 is 1.88 bits per heavy atom. The van der Waals surface area contributed by atoms with Gasteiger partial charge < -0.3 is 30.7 Å². The van der Waals surface area contributed by atoms with E-state index in [-0.39, 0.29) is 30.3 Å². The lowest BCUT2D eigenvalue weighted by atomic mass is 9.91. The molecule has 3 amide bonds. The number of hydrogen-bond donors (Lipinski definition) is 4. The Kier molecular flexibility index (Phi) is 8.48. The predicted octanol–water partition coefficient (Wildman–Crippen LogP) is 3.62. The summed E-state index contributed by atoms with van der Waals surface area (Å²) in [6.07, 6.45) is 0.933. The van der Waals surface area contributed by atoms with E-state index in [1.54, 1.807) is 6.07 Å². The number of likely N-dealkylation sites (tertiary alicyclic amines) is 1. The SMILES string of the molecule is COc1cc(C(NC(C)=O)C2CCN(CCC(=O)O)C2)ccc1NC(=O)Nc1ccccc1C. The number of ether oxygens (including phenoxy) is 1. The zero-order valence-corrected chi connectivity index (χ0v) is 19.8. The van der Waals surface area contributed by atoms with E-state index in [9.17, 15) is 14.4 Å². The van der Waals surface area contributed by atoms with E-state index in [1.807, 2.05) is 43.3 Å². The van der Waals surface area contributed by atoms with Crippen molar-refractivity contribution in [2.24, 2.45) is 5.92 Å². The predicted molar refractivity (Wildman–Crippen MR) is 130 cm³/mol. The summed E-state index contributed by atoms with van der Waals surface area (Å²) in [4.78, 5) is 37.5. The zero-order valence-electron chi connectivity index (χ0n) is 19.8. The monoisotopic (exact) mass is 468 g/mol. The second-order valence-electron chi connectivity index (χ2n) is 8.53. The molecule has 3 rings (SSSR count). The average Bonchev–Trinajstić information content (AvgIpc) is 3.26. The Morgan fingerprint density at radius 3 is 2.56 bits per heavy atom. The summed E-state index contributed by atoms with van der Waals surface area (Å²) < 4.78 is 5.53. The molecule has 4 N–H and O–H groups in total. The number of carboxylic acids is 1. The van der Waals surface area contributed by atoms with Crippen LogP contribution in [-0.2, 0) is 9.59 Å². The quantitative estimate of drug-likeness (QED) is 0.446. The van der Waals surface area contributed by atoms with Crippen LogP contribution in [0.15, 0.2) is 42.5 Å². The van der Waals surface area contributed by atoms with E-state index in [2.05, 4.69) is 20.9 Å². The van der Waals surface area contributed by atoms with Crippen molar-refractivity contribution in [3.8, 4) is 5.75 Å². The molecule has 0 aliphatic carbocycles. The number of amides is 3. The van der Waals surface area contributed by atoms with Crippen LogP contribution in [0.25, 0.3) is 0 Å². The van der Waals surface area contributed by atoms with Crippen LogP contribution < -0.4 is 20.7 Å². The Morgan fingerprint density at radius 1 is 1.15 bits per heavy atom. The van der Waals surface area contributed by atoms with Crippen molar-refractivity contribution in [1.82, 2.24) is 10.2 Å². The van der Waals surface area contributed by atoms with E-state index in [0.29, 0.717) is 24.5 Å². The van der Waals surface area contributed by atoms with Gasteiger partial charge in [0.05, 0.1) is 25.3 Å². The van der Waals surface area contributed by atoms with Crippen LogP contribution in [-0.4, -0.2) is 54.7 Å². The van der Waals surface area contributed by atoms with Gasteiger partial charge in [-0.3, -0.25) is 9.59 Å². The highest BCUT2D eigenvalue weighted by atomic mass is 16.5. The van der Waals surface area contributed by atoms with Crippen molar-refractivity contribution in [3.05, 3.63) is 53.6 Å². The summed E-state index contributed by atoms with van der Waals surface area (Å²) in [5, 5.41) is 17.6. The van der Waals surface area contributed by atoms with Gasteiger partial charge in [-0.05, 0) is 55.1 Å². The number of carbonyl (C=O) groups is 3. The fourth-order valence-electron chi connectivity index (χ4n) is 4.28. The van der Waals surface area contributed by atoms with Crippen molar-refractivity contribution in [3.63, 3.8) is 0 Å². The van der Waals surface area contributed by atoms with E-state index in [0.717, 1.165) is 29.8 Å². The maximum Gasteiger partial charge on any atom is 0.323 e. The topological polar surface area (TPSA) is 120 Å². The van der Waals surface area contributed by atoms with Gasteiger partial charge in [0.2, 0.25) is 5.91 Å². The minimum atomic E-state index is -0.818. The number of urea groups is 1. The fraction of sp³-hybridized carbons (Fsp3) is 0.400. The number of nitrogens with zero attached hydrogens (tertiary/aromatic N) is 1. The van der Waals surface area contributed by atoms with Gasteiger partial charge in [0, 0.05) is 25.7 Å². The minimum absolute atomic E-state index is 0.0935. The molecular formula is C25H32N4O5. The molecule has 0 aromatic heterocycles. The first-order valence-electron chi connectivity index (χ1n) is 11.3. The lowest BCUT2D eigenvalue weighted by molar-refractivity contribution is -0.137. The fourth-order valence-corrected chi connectivity index (χ4v) is 4.28. The van der Waals surface area contributed by atoms with Crippen LogP contribution in [0.1, 0.15) is 36.9 Å². The molecule has 1 aliphatic heterocycles. The summed E-state index contributed by atoms with van der Waals surface area (Å²) in [6, 6.07) is 12.3. The largest absolute Gasteiger partial charge is 0.495 e. The number of carbonyl (C=O) groups excluding carboxylic acids is 2. The maximum absolute atomic E-state index is 12.5. The molecule has 182 valence electrons. The molecule has 0 radical (unpaired) electrons. The third kappa shape index (κ3) is 6.71. The molecule has 1 saturated heterocycles. The van der Waals surface area contributed by atoms with Crippen molar-refractivity contribution in [1.29, 1.82) is 0 Å². The molecule has 1 fully saturated rings. The summed E-state index contributed by atoms with van der Waals surface area (Å²) in [5.41, 5.74) is 3.04. The first-order valence-corrected chi connectivity index (χ1v) is 11.3. The maximum atomic E-state index is 12.5. The number of methoxy groups -OCH3 is 1. The van der Waals surface area contributed by atoms with Crippen LogP contribution in [0.3, 0.4) is 0 Å². The zero-order chi connectivity index (χ0) is 24.7. The molecule has 34 heavy (non-hydrogen) atoms. The Bertz CT molecular complexity index is 1040. The number of para-hydroxylation sites is 1. The molecule has 1 aliphatic rings. The second kappa shape index (κ2) is 11.5. The van der Waals surface area contributed by atoms with Crippen molar-refractivity contribution < 1.29 is 24.2 Å². The third-order valence-corrected chi connectivity index (χ3v) is 6.01. The van der Waals surface area contributed by atoms with E-state index in [1.165, 1.54) is 14.0 Å². The Hall–Kier alpha value is -3.59. The standard InChI is InChI=1S/C25H32N4O5/c1-16-6-4-5-7-20(16)27-25(33)28-21-9-8-18(14-22(21)34-3)24(26-17(2)30)19-10-12-29(15-19)13-11-23(31)32/h4-9,14,19,24H,10-13,15H2,1-3H3,(H,26,30)(H,31,32)(H2,27,28,33). The molecular weight excluding hydrogens is 436 g/mol. The summed E-state index contributed by atoms with van der Waals surface area (Å²) >= 11 is 0. The number of hydrogen-bond acceptors (Lipinski definition) is 5. The summed E-state index contributed by atoms with van der Waals surface area (Å²) in [7, 11) is 1.53. The first-order chi connectivity index (χ1) is 16.3. The molecule has 0 saturated carbocycles. The van der Waals surface area contributed by atoms with Crippen molar-refractivity contribution >= 4 is 29.3 Å². The number of benzene rings is 2. The molecule has 9 nitrogen and oxygen atoms in total. The van der Waals surface area contributed by atoms with Crippen LogP contribution in [0.5, 0.6) is 5.75 Å². The normalized spacial score (nSPS) is 16.5. The van der Waals surface area contributed by atoms with Crippen molar-refractivity contribution in [2.75, 3.05) is 37.4 Å². The number of carboxylic acid groups (broad SMARTS) is 1. The third-order valence-electron chi connectivity index (χ3n) is 6.01. The smallest absolute Gasteiger partial charge is 0.323 e. The first kappa shape index (κ1) is 25.0. The molecule has 2 aromatic carbocycles. The van der Waals surface area contributed by atoms with Gasteiger partial charge in [-0.1, -0.05) is 24.3 Å². The second-order valence-corrected chi connectivity index (χ2v) is 8.53. The highest BCUT2D eigenvalue weighted by Gasteiger charge is 2.31. The Balaban J connectivity index is 1.74. The van der Waals surface area contributed by atoms with Gasteiger partial charge in [-0.25, -0.2) is 4.79 Å². The van der Waals surface area contributed by atoms with Gasteiger partial charge in [-0.2, -0.15) is 0 Å². The molecule has 2 atom stereocenters. The summed E-state index contributed by atoms with van der Waals surface area (Å²) in [6.45, 7) is 5.36.